The third-order valence-corrected chi connectivity index (χ3v) is 3.90. The Balaban J connectivity index is 1.88. The second kappa shape index (κ2) is 6.61. The van der Waals surface area contributed by atoms with Crippen molar-refractivity contribution in [3.05, 3.63) is 23.8 Å². The van der Waals surface area contributed by atoms with Gasteiger partial charge in [-0.25, -0.2) is 0 Å². The van der Waals surface area contributed by atoms with Gasteiger partial charge in [-0.05, 0) is 45.0 Å². The van der Waals surface area contributed by atoms with Gasteiger partial charge in [-0.3, -0.25) is 4.79 Å². The van der Waals surface area contributed by atoms with E-state index in [9.17, 15) is 4.79 Å². The zero-order valence-corrected chi connectivity index (χ0v) is 12.2. The molecule has 20 heavy (non-hydrogen) atoms. The van der Waals surface area contributed by atoms with E-state index < -0.39 is 0 Å². The predicted octanol–water partition coefficient (Wildman–Crippen LogP) is 1.49. The standard InChI is InChI=1S/C15H23N3O2/c1-18-9-3-4-12(18)7-8-17-15(19)13-6-5-11(16)10-14(13)20-2/h5-6,10,12H,3-4,7-9,16H2,1-2H3,(H,17,19). The quantitative estimate of drug-likeness (QED) is 0.800. The molecule has 1 amide bonds. The van der Waals surface area contributed by atoms with Crippen LogP contribution >= 0.6 is 0 Å². The third kappa shape index (κ3) is 3.42. The molecule has 1 fully saturated rings. The summed E-state index contributed by atoms with van der Waals surface area (Å²) in [6.07, 6.45) is 3.46. The number of carbonyl (C=O) groups excluding carboxylic acids is 1. The minimum absolute atomic E-state index is 0.109. The highest BCUT2D eigenvalue weighted by Crippen LogP contribution is 2.21. The molecule has 0 radical (unpaired) electrons. The van der Waals surface area contributed by atoms with Gasteiger partial charge in [-0.2, -0.15) is 0 Å². The number of ether oxygens (including phenoxy) is 1. The molecule has 0 aromatic heterocycles. The van der Waals surface area contributed by atoms with Gasteiger partial charge in [0.1, 0.15) is 5.75 Å². The Kier molecular flexibility index (Phi) is 4.84. The van der Waals surface area contributed by atoms with Crippen molar-refractivity contribution in [1.82, 2.24) is 10.2 Å². The number of amides is 1. The van der Waals surface area contributed by atoms with Gasteiger partial charge in [0.25, 0.3) is 5.91 Å². The first-order chi connectivity index (χ1) is 9.61. The van der Waals surface area contributed by atoms with Crippen molar-refractivity contribution in [3.8, 4) is 5.75 Å². The summed E-state index contributed by atoms with van der Waals surface area (Å²) in [4.78, 5) is 14.5. The minimum Gasteiger partial charge on any atom is -0.496 e. The van der Waals surface area contributed by atoms with Crippen molar-refractivity contribution in [1.29, 1.82) is 0 Å². The van der Waals surface area contributed by atoms with Gasteiger partial charge in [-0.15, -0.1) is 0 Å². The maximum absolute atomic E-state index is 12.1. The molecule has 110 valence electrons. The first-order valence-electron chi connectivity index (χ1n) is 7.03. The molecule has 0 spiro atoms. The topological polar surface area (TPSA) is 67.6 Å². The van der Waals surface area contributed by atoms with Crippen LogP contribution in [0.2, 0.25) is 0 Å². The second-order valence-corrected chi connectivity index (χ2v) is 5.28. The molecule has 1 saturated heterocycles. The Morgan fingerprint density at radius 2 is 2.35 bits per heavy atom. The van der Waals surface area contributed by atoms with Crippen molar-refractivity contribution >= 4 is 11.6 Å². The van der Waals surface area contributed by atoms with Crippen LogP contribution in [0.4, 0.5) is 5.69 Å². The monoisotopic (exact) mass is 277 g/mol. The Morgan fingerprint density at radius 3 is 3.00 bits per heavy atom. The van der Waals surface area contributed by atoms with Crippen LogP contribution in [-0.4, -0.2) is 44.1 Å². The Morgan fingerprint density at radius 1 is 1.55 bits per heavy atom. The maximum Gasteiger partial charge on any atom is 0.255 e. The molecule has 0 saturated carbocycles. The molecule has 3 N–H and O–H groups in total. The van der Waals surface area contributed by atoms with Crippen LogP contribution in [0.5, 0.6) is 5.75 Å². The minimum atomic E-state index is -0.109. The van der Waals surface area contributed by atoms with E-state index in [0.717, 1.165) is 13.0 Å². The van der Waals surface area contributed by atoms with Crippen molar-refractivity contribution in [3.63, 3.8) is 0 Å². The molecular weight excluding hydrogens is 254 g/mol. The van der Waals surface area contributed by atoms with E-state index in [-0.39, 0.29) is 5.91 Å². The van der Waals surface area contributed by atoms with E-state index in [1.54, 1.807) is 25.3 Å². The Labute approximate surface area is 120 Å². The fourth-order valence-corrected chi connectivity index (χ4v) is 2.69. The normalized spacial score (nSPS) is 19.0. The van der Waals surface area contributed by atoms with Gasteiger partial charge in [0, 0.05) is 24.3 Å². The number of nitrogens with zero attached hydrogens (tertiary/aromatic N) is 1. The number of likely N-dealkylation sites (tertiary alicyclic amines) is 1. The zero-order valence-electron chi connectivity index (χ0n) is 12.2. The van der Waals surface area contributed by atoms with Crippen LogP contribution in [0.1, 0.15) is 29.6 Å². The second-order valence-electron chi connectivity index (χ2n) is 5.28. The van der Waals surface area contributed by atoms with Gasteiger partial charge >= 0.3 is 0 Å². The number of rotatable bonds is 5. The number of hydrogen-bond donors (Lipinski definition) is 2. The lowest BCUT2D eigenvalue weighted by molar-refractivity contribution is 0.0947. The lowest BCUT2D eigenvalue weighted by Gasteiger charge is -2.19. The van der Waals surface area contributed by atoms with Gasteiger partial charge in [-0.1, -0.05) is 0 Å². The largest absolute Gasteiger partial charge is 0.496 e. The summed E-state index contributed by atoms with van der Waals surface area (Å²) in [5, 5.41) is 2.95. The van der Waals surface area contributed by atoms with Crippen LogP contribution in [0, 0.1) is 0 Å². The third-order valence-electron chi connectivity index (χ3n) is 3.90. The van der Waals surface area contributed by atoms with E-state index >= 15 is 0 Å². The van der Waals surface area contributed by atoms with Crippen molar-refractivity contribution in [2.24, 2.45) is 0 Å². The van der Waals surface area contributed by atoms with Crippen LogP contribution < -0.4 is 15.8 Å². The summed E-state index contributed by atoms with van der Waals surface area (Å²) >= 11 is 0. The summed E-state index contributed by atoms with van der Waals surface area (Å²) in [5.41, 5.74) is 6.80. The SMILES string of the molecule is COc1cc(N)ccc1C(=O)NCCC1CCCN1C. The van der Waals surface area contributed by atoms with E-state index in [1.807, 2.05) is 0 Å². The zero-order chi connectivity index (χ0) is 14.5. The summed E-state index contributed by atoms with van der Waals surface area (Å²) < 4.78 is 5.20. The fourth-order valence-electron chi connectivity index (χ4n) is 2.69. The summed E-state index contributed by atoms with van der Waals surface area (Å²) in [6, 6.07) is 5.66. The van der Waals surface area contributed by atoms with Gasteiger partial charge < -0.3 is 20.7 Å². The summed E-state index contributed by atoms with van der Waals surface area (Å²) in [6.45, 7) is 1.84. The highest BCUT2D eigenvalue weighted by atomic mass is 16.5. The molecule has 0 bridgehead atoms. The molecule has 5 nitrogen and oxygen atoms in total. The lowest BCUT2D eigenvalue weighted by Crippen LogP contribution is -2.31. The number of anilines is 1. The number of nitrogens with two attached hydrogens (primary N) is 1. The molecule has 1 atom stereocenters. The van der Waals surface area contributed by atoms with Crippen molar-refractivity contribution in [2.45, 2.75) is 25.3 Å². The fraction of sp³-hybridized carbons (Fsp3) is 0.533. The first kappa shape index (κ1) is 14.7. The van der Waals surface area contributed by atoms with Crippen molar-refractivity contribution < 1.29 is 9.53 Å². The lowest BCUT2D eigenvalue weighted by atomic mass is 10.1. The van der Waals surface area contributed by atoms with E-state index in [2.05, 4.69) is 17.3 Å². The highest BCUT2D eigenvalue weighted by molar-refractivity contribution is 5.97. The van der Waals surface area contributed by atoms with E-state index in [4.69, 9.17) is 10.5 Å². The number of benzene rings is 1. The Hall–Kier alpha value is -1.75. The van der Waals surface area contributed by atoms with Gasteiger partial charge in [0.2, 0.25) is 0 Å². The molecule has 1 aromatic carbocycles. The molecule has 1 aromatic rings. The molecule has 5 heteroatoms. The summed E-state index contributed by atoms with van der Waals surface area (Å²) in [7, 11) is 3.68. The average molecular weight is 277 g/mol. The predicted molar refractivity (Wildman–Crippen MR) is 80.0 cm³/mol. The molecular formula is C15H23N3O2. The van der Waals surface area contributed by atoms with Crippen LogP contribution in [0.25, 0.3) is 0 Å². The van der Waals surface area contributed by atoms with Crippen LogP contribution in [-0.2, 0) is 0 Å². The number of methoxy groups -OCH3 is 1. The molecule has 1 aliphatic heterocycles. The van der Waals surface area contributed by atoms with Gasteiger partial charge in [0.15, 0.2) is 0 Å². The van der Waals surface area contributed by atoms with Gasteiger partial charge in [0.05, 0.1) is 12.7 Å². The number of hydrogen-bond acceptors (Lipinski definition) is 4. The first-order valence-corrected chi connectivity index (χ1v) is 7.03. The Bertz CT molecular complexity index is 476. The van der Waals surface area contributed by atoms with Crippen LogP contribution in [0.3, 0.4) is 0 Å². The van der Waals surface area contributed by atoms with Crippen molar-refractivity contribution in [2.75, 3.05) is 33.0 Å². The number of nitrogens with one attached hydrogen (secondary N) is 1. The molecule has 0 aliphatic carbocycles. The van der Waals surface area contributed by atoms with E-state index in [1.165, 1.54) is 12.8 Å². The number of nitrogen functional groups attached to an aromatic ring is 1. The highest BCUT2D eigenvalue weighted by Gasteiger charge is 2.20. The summed E-state index contributed by atoms with van der Waals surface area (Å²) in [5.74, 6) is 0.406. The van der Waals surface area contributed by atoms with E-state index in [0.29, 0.717) is 29.6 Å². The molecule has 1 heterocycles. The number of carbonyl (C=O) groups is 1. The smallest absolute Gasteiger partial charge is 0.255 e. The van der Waals surface area contributed by atoms with Crippen LogP contribution in [0.15, 0.2) is 18.2 Å². The maximum atomic E-state index is 12.1. The molecule has 2 rings (SSSR count). The molecule has 1 unspecified atom stereocenters. The molecule has 1 aliphatic rings. The average Bonchev–Trinajstić information content (AvgIpc) is 2.84.